The molecule has 4 N–H and O–H groups in total. The first-order chi connectivity index (χ1) is 14.4. The molecular weight excluding hydrogens is 398 g/mol. The number of hydrogen-bond donors (Lipinski definition) is 3. The minimum Gasteiger partial charge on any atom is -0.444 e. The molecule has 0 spiro atoms. The van der Waals surface area contributed by atoms with Crippen LogP contribution in [-0.4, -0.2) is 57.2 Å². The Labute approximate surface area is 183 Å². The lowest BCUT2D eigenvalue weighted by Crippen LogP contribution is -2.67. The van der Waals surface area contributed by atoms with Crippen LogP contribution in [0.15, 0.2) is 0 Å². The molecule has 1 aliphatic heterocycles. The lowest BCUT2D eigenvalue weighted by Gasteiger charge is -2.62. The van der Waals surface area contributed by atoms with Gasteiger partial charge < -0.3 is 25.8 Å². The fourth-order valence-electron chi connectivity index (χ4n) is 7.70. The molecule has 31 heavy (non-hydrogen) atoms. The molecule has 0 radical (unpaired) electrons. The number of aliphatic hydroxyl groups is 1. The van der Waals surface area contributed by atoms with Crippen LogP contribution in [0.2, 0.25) is 0 Å². The van der Waals surface area contributed by atoms with E-state index in [1.54, 1.807) is 25.7 Å². The van der Waals surface area contributed by atoms with Gasteiger partial charge in [0, 0.05) is 11.5 Å². The molecule has 6 aliphatic rings. The molecule has 6 fully saturated rings. The number of nitrogens with zero attached hydrogens (tertiary/aromatic N) is 1. The van der Waals surface area contributed by atoms with Gasteiger partial charge in [-0.3, -0.25) is 9.59 Å². The maximum absolute atomic E-state index is 14.0. The highest BCUT2D eigenvalue weighted by atomic mass is 16.6. The largest absolute Gasteiger partial charge is 0.444 e. The summed E-state index contributed by atoms with van der Waals surface area (Å²) in [5.74, 6) is 0.331. The van der Waals surface area contributed by atoms with E-state index in [4.69, 9.17) is 10.5 Å². The summed E-state index contributed by atoms with van der Waals surface area (Å²) in [5.41, 5.74) is 3.66. The van der Waals surface area contributed by atoms with Crippen molar-refractivity contribution in [3.05, 3.63) is 0 Å². The van der Waals surface area contributed by atoms with Crippen LogP contribution in [0.4, 0.5) is 4.79 Å². The second-order valence-electron chi connectivity index (χ2n) is 12.1. The van der Waals surface area contributed by atoms with Crippen LogP contribution >= 0.6 is 0 Å². The number of likely N-dealkylation sites (tertiary alicyclic amines) is 1. The average molecular weight is 434 g/mol. The quantitative estimate of drug-likeness (QED) is 0.623. The normalized spacial score (nSPS) is 43.4. The Morgan fingerprint density at radius 1 is 1.10 bits per heavy atom. The molecule has 8 heteroatoms. The SMILES string of the molecule is CC(C)(C)OC(=O)N[C@H](C(=O)N1[C@H](C(N)=O)C[C@@H]2C[C@@H]21)C12CC3CC(CC(O)(C3)C1)C2. The molecule has 8 nitrogen and oxygen atoms in total. The van der Waals surface area contributed by atoms with E-state index in [9.17, 15) is 19.5 Å². The van der Waals surface area contributed by atoms with Crippen molar-refractivity contribution < 1.29 is 24.2 Å². The molecule has 5 aliphatic carbocycles. The topological polar surface area (TPSA) is 122 Å². The van der Waals surface area contributed by atoms with Gasteiger partial charge in [-0.25, -0.2) is 4.79 Å². The number of carbonyl (C=O) groups excluding carboxylic acids is 3. The van der Waals surface area contributed by atoms with Gasteiger partial charge in [0.05, 0.1) is 5.60 Å². The van der Waals surface area contributed by atoms with E-state index in [1.165, 1.54) is 0 Å². The third-order valence-corrected chi connectivity index (χ3v) is 8.28. The van der Waals surface area contributed by atoms with Crippen molar-refractivity contribution in [1.29, 1.82) is 0 Å². The molecule has 0 aromatic heterocycles. The van der Waals surface area contributed by atoms with E-state index in [0.29, 0.717) is 30.6 Å². The first-order valence-corrected chi connectivity index (χ1v) is 11.7. The molecule has 3 amide bonds. The number of alkyl carbamates (subject to hydrolysis) is 1. The number of ether oxygens (including phenoxy) is 1. The Balaban J connectivity index is 1.47. The highest BCUT2D eigenvalue weighted by Crippen LogP contribution is 2.63. The van der Waals surface area contributed by atoms with Gasteiger partial charge in [0.2, 0.25) is 11.8 Å². The Hall–Kier alpha value is -1.83. The van der Waals surface area contributed by atoms with Crippen molar-refractivity contribution in [2.75, 3.05) is 0 Å². The van der Waals surface area contributed by atoms with Crippen molar-refractivity contribution in [3.8, 4) is 0 Å². The zero-order valence-electron chi connectivity index (χ0n) is 18.7. The molecule has 172 valence electrons. The second kappa shape index (κ2) is 6.59. The summed E-state index contributed by atoms with van der Waals surface area (Å²) in [6.07, 6.45) is 5.61. The molecule has 1 saturated heterocycles. The number of piperidine rings is 1. The van der Waals surface area contributed by atoms with Crippen LogP contribution in [0.25, 0.3) is 0 Å². The molecule has 4 bridgehead atoms. The van der Waals surface area contributed by atoms with E-state index < -0.39 is 40.7 Å². The second-order valence-corrected chi connectivity index (χ2v) is 12.1. The van der Waals surface area contributed by atoms with Gasteiger partial charge in [-0.05, 0) is 89.9 Å². The number of nitrogens with two attached hydrogens (primary N) is 1. The fourth-order valence-corrected chi connectivity index (χ4v) is 7.70. The minimum atomic E-state index is -0.819. The lowest BCUT2D eigenvalue weighted by atomic mass is 9.46. The van der Waals surface area contributed by atoms with Crippen LogP contribution in [0.3, 0.4) is 0 Å². The molecular formula is C23H35N3O5. The zero-order valence-corrected chi connectivity index (χ0v) is 18.7. The van der Waals surface area contributed by atoms with Gasteiger partial charge in [-0.15, -0.1) is 0 Å². The summed E-state index contributed by atoms with van der Waals surface area (Å²) in [6.45, 7) is 5.36. The van der Waals surface area contributed by atoms with Crippen molar-refractivity contribution in [2.45, 2.75) is 101 Å². The van der Waals surface area contributed by atoms with Crippen molar-refractivity contribution in [3.63, 3.8) is 0 Å². The number of nitrogens with one attached hydrogen (secondary N) is 1. The Morgan fingerprint density at radius 2 is 1.74 bits per heavy atom. The van der Waals surface area contributed by atoms with Gasteiger partial charge >= 0.3 is 6.09 Å². The van der Waals surface area contributed by atoms with Crippen molar-refractivity contribution in [2.24, 2.45) is 28.9 Å². The summed E-state index contributed by atoms with van der Waals surface area (Å²) in [5, 5.41) is 14.1. The highest BCUT2D eigenvalue weighted by molar-refractivity contribution is 5.92. The predicted octanol–water partition coefficient (Wildman–Crippen LogP) is 1.69. The number of hydrogen-bond acceptors (Lipinski definition) is 5. The molecule has 6 atom stereocenters. The maximum atomic E-state index is 14.0. The summed E-state index contributed by atoms with van der Waals surface area (Å²) in [7, 11) is 0. The summed E-state index contributed by atoms with van der Waals surface area (Å²) in [4.78, 5) is 40.5. The maximum Gasteiger partial charge on any atom is 0.408 e. The highest BCUT2D eigenvalue weighted by Gasteiger charge is 2.64. The number of fused-ring (bicyclic) bond motifs is 1. The number of primary amides is 1. The van der Waals surface area contributed by atoms with Crippen LogP contribution < -0.4 is 11.1 Å². The van der Waals surface area contributed by atoms with Crippen LogP contribution in [0, 0.1) is 23.2 Å². The van der Waals surface area contributed by atoms with Gasteiger partial charge in [0.1, 0.15) is 17.7 Å². The van der Waals surface area contributed by atoms with Crippen LogP contribution in [0.1, 0.15) is 72.1 Å². The van der Waals surface area contributed by atoms with Crippen LogP contribution in [-0.2, 0) is 14.3 Å². The monoisotopic (exact) mass is 433 g/mol. The number of carbonyl (C=O) groups is 3. The minimum absolute atomic E-state index is 0.0323. The Morgan fingerprint density at radius 3 is 2.29 bits per heavy atom. The first-order valence-electron chi connectivity index (χ1n) is 11.7. The third kappa shape index (κ3) is 3.60. The Kier molecular flexibility index (Phi) is 4.47. The van der Waals surface area contributed by atoms with E-state index in [1.807, 2.05) is 0 Å². The van der Waals surface area contributed by atoms with E-state index >= 15 is 0 Å². The predicted molar refractivity (Wildman–Crippen MR) is 112 cm³/mol. The standard InChI is InChI=1S/C23H35N3O5/c1-21(2,3)31-20(29)25-17(19(28)26-15-5-14(15)6-16(26)18(24)27)22-7-12-4-13(8-22)10-23(30,9-12)11-22/h12-17,30H,4-11H2,1-3H3,(H2,24,27)(H,25,29)/t12?,13?,14-,15-,16-,17+,22?,23?/m0/s1. The molecule has 2 unspecified atom stereocenters. The molecule has 5 saturated carbocycles. The van der Waals surface area contributed by atoms with Crippen molar-refractivity contribution >= 4 is 17.9 Å². The summed E-state index contributed by atoms with van der Waals surface area (Å²) in [6, 6.07) is -1.40. The summed E-state index contributed by atoms with van der Waals surface area (Å²) < 4.78 is 5.51. The molecule has 1 heterocycles. The summed E-state index contributed by atoms with van der Waals surface area (Å²) >= 11 is 0. The van der Waals surface area contributed by atoms with Crippen LogP contribution in [0.5, 0.6) is 0 Å². The van der Waals surface area contributed by atoms with Gasteiger partial charge in [-0.1, -0.05) is 0 Å². The smallest absolute Gasteiger partial charge is 0.408 e. The Bertz CT molecular complexity index is 807. The van der Waals surface area contributed by atoms with Gasteiger partial charge in [0.15, 0.2) is 0 Å². The van der Waals surface area contributed by atoms with Gasteiger partial charge in [0.25, 0.3) is 0 Å². The van der Waals surface area contributed by atoms with Gasteiger partial charge in [-0.2, -0.15) is 0 Å². The third-order valence-electron chi connectivity index (χ3n) is 8.28. The van der Waals surface area contributed by atoms with E-state index in [0.717, 1.165) is 38.5 Å². The van der Waals surface area contributed by atoms with E-state index in [-0.39, 0.29) is 11.9 Å². The zero-order chi connectivity index (χ0) is 22.3. The first kappa shape index (κ1) is 21.0. The fraction of sp³-hybridized carbons (Fsp3) is 0.870. The number of amides is 3. The number of rotatable bonds is 4. The molecule has 0 aromatic rings. The van der Waals surface area contributed by atoms with E-state index in [2.05, 4.69) is 5.32 Å². The molecule has 0 aromatic carbocycles. The average Bonchev–Trinajstić information content (AvgIpc) is 3.25. The lowest BCUT2D eigenvalue weighted by molar-refractivity contribution is -0.181. The van der Waals surface area contributed by atoms with Crippen molar-refractivity contribution in [1.82, 2.24) is 10.2 Å². The molecule has 6 rings (SSSR count).